The van der Waals surface area contributed by atoms with Gasteiger partial charge in [-0.05, 0) is 24.8 Å². The summed E-state index contributed by atoms with van der Waals surface area (Å²) in [4.78, 5) is 36.5. The van der Waals surface area contributed by atoms with E-state index in [1.54, 1.807) is 0 Å². The number of carbonyl (C=O) groups excluding carboxylic acids is 2. The van der Waals surface area contributed by atoms with Crippen LogP contribution < -0.4 is 0 Å². The number of rotatable bonds is 5. The lowest BCUT2D eigenvalue weighted by Crippen LogP contribution is -2.51. The van der Waals surface area contributed by atoms with Crippen LogP contribution in [0.2, 0.25) is 0 Å². The minimum Gasteiger partial charge on any atom is -0.447 e. The summed E-state index contributed by atoms with van der Waals surface area (Å²) in [5.41, 5.74) is 2.37. The topological polar surface area (TPSA) is 104 Å². The molecule has 9 nitrogen and oxygen atoms in total. The molecule has 1 aromatic carbocycles. The van der Waals surface area contributed by atoms with Crippen molar-refractivity contribution in [2.45, 2.75) is 43.9 Å². The van der Waals surface area contributed by atoms with Gasteiger partial charge < -0.3 is 14.6 Å². The van der Waals surface area contributed by atoms with Crippen LogP contribution in [-0.4, -0.2) is 79.5 Å². The lowest BCUT2D eigenvalue weighted by atomic mass is 9.98. The van der Waals surface area contributed by atoms with Gasteiger partial charge in [0, 0.05) is 30.0 Å². The molecule has 0 saturated carbocycles. The fraction of sp³-hybridized carbons (Fsp3) is 0.500. The average molecular weight is 455 g/mol. The van der Waals surface area contributed by atoms with Crippen molar-refractivity contribution in [3.63, 3.8) is 0 Å². The van der Waals surface area contributed by atoms with Crippen LogP contribution in [0.5, 0.6) is 0 Å². The number of ether oxygens (including phenoxy) is 1. The van der Waals surface area contributed by atoms with Crippen LogP contribution in [0, 0.1) is 5.92 Å². The van der Waals surface area contributed by atoms with Gasteiger partial charge in [-0.1, -0.05) is 43.8 Å². The van der Waals surface area contributed by atoms with Gasteiger partial charge in [0.05, 0.1) is 11.8 Å². The third-order valence-electron chi connectivity index (χ3n) is 6.35. The van der Waals surface area contributed by atoms with E-state index in [0.29, 0.717) is 36.4 Å². The van der Waals surface area contributed by atoms with E-state index in [2.05, 4.69) is 34.0 Å². The highest BCUT2D eigenvalue weighted by atomic mass is 32.2. The van der Waals surface area contributed by atoms with E-state index < -0.39 is 0 Å². The summed E-state index contributed by atoms with van der Waals surface area (Å²) < 4.78 is 5.28. The number of hydrogen-bond donors (Lipinski definition) is 1. The second-order valence-electron chi connectivity index (χ2n) is 8.66. The molecule has 1 unspecified atom stereocenters. The van der Waals surface area contributed by atoms with Gasteiger partial charge >= 0.3 is 6.09 Å². The van der Waals surface area contributed by atoms with E-state index in [1.165, 1.54) is 11.8 Å². The molecule has 2 amide bonds. The first-order valence-corrected chi connectivity index (χ1v) is 12.0. The molecule has 1 atom stereocenters. The summed E-state index contributed by atoms with van der Waals surface area (Å²) in [6.45, 7) is 5.96. The van der Waals surface area contributed by atoms with E-state index in [1.807, 2.05) is 34.1 Å². The molecular formula is C22H26N6O3S. The van der Waals surface area contributed by atoms with E-state index >= 15 is 0 Å². The zero-order valence-corrected chi connectivity index (χ0v) is 19.0. The molecule has 4 heterocycles. The summed E-state index contributed by atoms with van der Waals surface area (Å²) in [7, 11) is 0. The van der Waals surface area contributed by atoms with E-state index in [0.717, 1.165) is 29.3 Å². The highest BCUT2D eigenvalue weighted by molar-refractivity contribution is 7.99. The van der Waals surface area contributed by atoms with Gasteiger partial charge in [0.2, 0.25) is 11.1 Å². The number of thioether (sulfide) groups is 1. The molecule has 2 aromatic heterocycles. The van der Waals surface area contributed by atoms with Crippen LogP contribution in [0.3, 0.4) is 0 Å². The average Bonchev–Trinajstić information content (AvgIpc) is 3.37. The Balaban J connectivity index is 1.18. The Labute approximate surface area is 189 Å². The Kier molecular flexibility index (Phi) is 5.62. The molecule has 0 aliphatic carbocycles. The summed E-state index contributed by atoms with van der Waals surface area (Å²) in [6.07, 6.45) is 1.32. The monoisotopic (exact) mass is 454 g/mol. The van der Waals surface area contributed by atoms with Crippen molar-refractivity contribution in [1.82, 2.24) is 30.0 Å². The summed E-state index contributed by atoms with van der Waals surface area (Å²) in [5, 5.41) is 9.96. The smallest absolute Gasteiger partial charge is 0.410 e. The number of benzene rings is 1. The van der Waals surface area contributed by atoms with Crippen molar-refractivity contribution in [2.75, 3.05) is 25.4 Å². The molecule has 0 spiro atoms. The Hall–Kier alpha value is -2.88. The summed E-state index contributed by atoms with van der Waals surface area (Å²) >= 11 is 1.30. The third-order valence-corrected chi connectivity index (χ3v) is 7.18. The van der Waals surface area contributed by atoms with Crippen molar-refractivity contribution in [3.8, 4) is 0 Å². The van der Waals surface area contributed by atoms with Crippen molar-refractivity contribution >= 4 is 45.8 Å². The SMILES string of the molecule is CC(C)C1COC(=O)N1C1CCN(C(=O)CSc2nnc3c(n2)[nH]c2ccccc23)CC1. The number of piperidine rings is 1. The molecule has 32 heavy (non-hydrogen) atoms. The number of para-hydroxylation sites is 1. The van der Waals surface area contributed by atoms with Crippen LogP contribution in [0.15, 0.2) is 29.4 Å². The molecule has 168 valence electrons. The predicted octanol–water partition coefficient (Wildman–Crippen LogP) is 3.07. The van der Waals surface area contributed by atoms with Crippen LogP contribution in [-0.2, 0) is 9.53 Å². The first-order valence-electron chi connectivity index (χ1n) is 11.0. The number of H-pyrrole nitrogens is 1. The van der Waals surface area contributed by atoms with Crippen molar-refractivity contribution < 1.29 is 14.3 Å². The van der Waals surface area contributed by atoms with Crippen molar-refractivity contribution in [1.29, 1.82) is 0 Å². The molecule has 2 saturated heterocycles. The molecule has 1 N–H and O–H groups in total. The van der Waals surface area contributed by atoms with E-state index in [4.69, 9.17) is 4.74 Å². The van der Waals surface area contributed by atoms with Crippen LogP contribution in [0.1, 0.15) is 26.7 Å². The fourth-order valence-electron chi connectivity index (χ4n) is 4.56. The standard InChI is InChI=1S/C22H26N6O3S/c1-13(2)17-11-31-22(30)28(17)14-7-9-27(10-8-14)18(29)12-32-21-24-20-19(25-26-21)15-5-3-4-6-16(15)23-20/h3-6,13-14,17H,7-12H2,1-2H3,(H,23,24,26). The van der Waals surface area contributed by atoms with Gasteiger partial charge in [0.1, 0.15) is 12.1 Å². The number of nitrogens with one attached hydrogen (secondary N) is 1. The normalized spacial score (nSPS) is 20.0. The van der Waals surface area contributed by atoms with Crippen LogP contribution in [0.4, 0.5) is 4.79 Å². The second kappa shape index (κ2) is 8.57. The first kappa shape index (κ1) is 21.0. The Morgan fingerprint density at radius 1 is 1.25 bits per heavy atom. The number of cyclic esters (lactones) is 1. The lowest BCUT2D eigenvalue weighted by molar-refractivity contribution is -0.129. The van der Waals surface area contributed by atoms with Gasteiger partial charge in [-0.2, -0.15) is 0 Å². The molecule has 2 aliphatic heterocycles. The van der Waals surface area contributed by atoms with Crippen molar-refractivity contribution in [3.05, 3.63) is 24.3 Å². The maximum Gasteiger partial charge on any atom is 0.410 e. The zero-order valence-electron chi connectivity index (χ0n) is 18.2. The maximum atomic E-state index is 12.8. The van der Waals surface area contributed by atoms with Crippen LogP contribution in [0.25, 0.3) is 22.1 Å². The minimum atomic E-state index is -0.221. The van der Waals surface area contributed by atoms with Crippen LogP contribution >= 0.6 is 11.8 Å². The minimum absolute atomic E-state index is 0.0539. The first-order chi connectivity index (χ1) is 15.5. The molecular weight excluding hydrogens is 428 g/mol. The zero-order chi connectivity index (χ0) is 22.2. The Bertz CT molecular complexity index is 1160. The maximum absolute atomic E-state index is 12.8. The fourth-order valence-corrected chi connectivity index (χ4v) is 5.25. The number of aromatic nitrogens is 4. The predicted molar refractivity (Wildman–Crippen MR) is 121 cm³/mol. The highest BCUT2D eigenvalue weighted by Crippen LogP contribution is 2.28. The number of hydrogen-bond acceptors (Lipinski definition) is 7. The van der Waals surface area contributed by atoms with E-state index in [-0.39, 0.29) is 29.8 Å². The number of aromatic amines is 1. The molecule has 0 radical (unpaired) electrons. The van der Waals surface area contributed by atoms with Crippen molar-refractivity contribution in [2.24, 2.45) is 5.92 Å². The molecule has 5 rings (SSSR count). The Morgan fingerprint density at radius 3 is 2.81 bits per heavy atom. The number of nitrogens with zero attached hydrogens (tertiary/aromatic N) is 5. The largest absolute Gasteiger partial charge is 0.447 e. The second-order valence-corrected chi connectivity index (χ2v) is 9.60. The van der Waals surface area contributed by atoms with Gasteiger partial charge in [0.15, 0.2) is 5.65 Å². The molecule has 2 aliphatic rings. The number of carbonyl (C=O) groups is 2. The third kappa shape index (κ3) is 3.87. The van der Waals surface area contributed by atoms with Gasteiger partial charge in [-0.3, -0.25) is 9.69 Å². The molecule has 3 aromatic rings. The lowest BCUT2D eigenvalue weighted by Gasteiger charge is -2.38. The summed E-state index contributed by atoms with van der Waals surface area (Å²) in [6, 6.07) is 8.12. The summed E-state index contributed by atoms with van der Waals surface area (Å²) in [5.74, 6) is 0.664. The van der Waals surface area contributed by atoms with Gasteiger partial charge in [-0.25, -0.2) is 9.78 Å². The van der Waals surface area contributed by atoms with Gasteiger partial charge in [0.25, 0.3) is 0 Å². The number of likely N-dealkylation sites (tertiary alicyclic amines) is 1. The van der Waals surface area contributed by atoms with E-state index in [9.17, 15) is 9.59 Å². The molecule has 10 heteroatoms. The molecule has 0 bridgehead atoms. The molecule has 2 fully saturated rings. The quantitative estimate of drug-likeness (QED) is 0.591. The highest BCUT2D eigenvalue weighted by Gasteiger charge is 2.41. The number of amides is 2. The Morgan fingerprint density at radius 2 is 2.03 bits per heavy atom. The number of fused-ring (bicyclic) bond motifs is 3. The van der Waals surface area contributed by atoms with Gasteiger partial charge in [-0.15, -0.1) is 10.2 Å².